The molecule has 1 saturated heterocycles. The van der Waals surface area contributed by atoms with E-state index in [0.717, 1.165) is 12.0 Å². The van der Waals surface area contributed by atoms with Crippen molar-refractivity contribution in [2.45, 2.75) is 19.1 Å². The lowest BCUT2D eigenvalue weighted by molar-refractivity contribution is -0.143. The second-order valence-electron chi connectivity index (χ2n) is 6.42. The van der Waals surface area contributed by atoms with Crippen molar-refractivity contribution in [2.75, 3.05) is 40.3 Å². The average molecular weight is 360 g/mol. The molecule has 1 aliphatic rings. The summed E-state index contributed by atoms with van der Waals surface area (Å²) in [7, 11) is 3.53. The molecule has 1 aliphatic heterocycles. The smallest absolute Gasteiger partial charge is 0.356 e. The minimum absolute atomic E-state index is 0.165. The highest BCUT2D eigenvalue weighted by atomic mass is 19.4. The largest absolute Gasteiger partial charge is 0.401 e. The van der Waals surface area contributed by atoms with Gasteiger partial charge in [-0.05, 0) is 36.6 Å². The summed E-state index contributed by atoms with van der Waals surface area (Å²) in [5.41, 5.74) is 0.948. The lowest BCUT2D eigenvalue weighted by atomic mass is 10.1. The number of nitrogens with zero attached hydrogens (tertiary/aromatic N) is 3. The van der Waals surface area contributed by atoms with Crippen LogP contribution in [0.1, 0.15) is 12.0 Å². The number of guanidine groups is 1. The van der Waals surface area contributed by atoms with E-state index < -0.39 is 12.7 Å². The molecular formula is C17H24F4N4. The monoisotopic (exact) mass is 360 g/mol. The van der Waals surface area contributed by atoms with Crippen molar-refractivity contribution in [1.82, 2.24) is 15.1 Å². The fourth-order valence-corrected chi connectivity index (χ4v) is 3.04. The highest BCUT2D eigenvalue weighted by Gasteiger charge is 2.34. The number of hydrogen-bond acceptors (Lipinski definition) is 2. The summed E-state index contributed by atoms with van der Waals surface area (Å²) >= 11 is 0. The van der Waals surface area contributed by atoms with Crippen molar-refractivity contribution in [3.8, 4) is 0 Å². The lowest BCUT2D eigenvalue weighted by Gasteiger charge is -2.24. The van der Waals surface area contributed by atoms with Gasteiger partial charge in [-0.2, -0.15) is 13.2 Å². The van der Waals surface area contributed by atoms with E-state index in [4.69, 9.17) is 0 Å². The number of aliphatic imine (C=N–C) groups is 1. The van der Waals surface area contributed by atoms with Crippen LogP contribution in [0.25, 0.3) is 0 Å². The van der Waals surface area contributed by atoms with Gasteiger partial charge in [0.1, 0.15) is 5.82 Å². The van der Waals surface area contributed by atoms with E-state index in [1.165, 1.54) is 17.0 Å². The molecule has 8 heteroatoms. The molecule has 0 amide bonds. The molecule has 1 aromatic carbocycles. The van der Waals surface area contributed by atoms with Crippen molar-refractivity contribution < 1.29 is 17.6 Å². The van der Waals surface area contributed by atoms with E-state index in [9.17, 15) is 17.6 Å². The van der Waals surface area contributed by atoms with Crippen LogP contribution in [-0.4, -0.2) is 62.2 Å². The summed E-state index contributed by atoms with van der Waals surface area (Å²) in [5, 5.41) is 3.22. The van der Waals surface area contributed by atoms with Gasteiger partial charge in [0.15, 0.2) is 5.96 Å². The zero-order valence-corrected chi connectivity index (χ0v) is 14.5. The first kappa shape index (κ1) is 19.5. The third-order valence-corrected chi connectivity index (χ3v) is 4.23. The van der Waals surface area contributed by atoms with Crippen LogP contribution in [0.4, 0.5) is 17.6 Å². The molecule has 0 saturated carbocycles. The lowest BCUT2D eigenvalue weighted by Crippen LogP contribution is -2.41. The summed E-state index contributed by atoms with van der Waals surface area (Å²) in [5.74, 6) is 0.551. The predicted octanol–water partition coefficient (Wildman–Crippen LogP) is 2.72. The van der Waals surface area contributed by atoms with Crippen LogP contribution < -0.4 is 5.32 Å². The Bertz CT molecular complexity index is 571. The van der Waals surface area contributed by atoms with Crippen LogP contribution in [0, 0.1) is 11.7 Å². The van der Waals surface area contributed by atoms with Crippen LogP contribution >= 0.6 is 0 Å². The molecular weight excluding hydrogens is 336 g/mol. The zero-order valence-electron chi connectivity index (χ0n) is 14.5. The molecule has 0 aromatic heterocycles. The SMILES string of the molecule is CN=C(NCC1CCN(CC(F)(F)F)C1)N(C)Cc1ccc(F)cc1. The van der Waals surface area contributed by atoms with Crippen LogP contribution in [0.5, 0.6) is 0 Å². The number of rotatable bonds is 5. The van der Waals surface area contributed by atoms with Gasteiger partial charge in [0.05, 0.1) is 6.54 Å². The summed E-state index contributed by atoms with van der Waals surface area (Å²) in [6.45, 7) is 1.20. The molecule has 1 atom stereocenters. The Labute approximate surface area is 145 Å². The van der Waals surface area contributed by atoms with E-state index in [0.29, 0.717) is 32.1 Å². The van der Waals surface area contributed by atoms with E-state index in [-0.39, 0.29) is 11.7 Å². The van der Waals surface area contributed by atoms with Gasteiger partial charge in [0.25, 0.3) is 0 Å². The van der Waals surface area contributed by atoms with E-state index in [1.54, 1.807) is 19.2 Å². The Morgan fingerprint density at radius 2 is 2.00 bits per heavy atom. The fraction of sp³-hybridized carbons (Fsp3) is 0.588. The van der Waals surface area contributed by atoms with Gasteiger partial charge in [-0.15, -0.1) is 0 Å². The van der Waals surface area contributed by atoms with Crippen molar-refractivity contribution in [3.05, 3.63) is 35.6 Å². The Balaban J connectivity index is 1.79. The van der Waals surface area contributed by atoms with Gasteiger partial charge >= 0.3 is 6.18 Å². The number of halogens is 4. The third kappa shape index (κ3) is 6.53. The standard InChI is InChI=1S/C17H24F4N4/c1-22-16(24(2)10-13-3-5-15(18)6-4-13)23-9-14-7-8-25(11-14)12-17(19,20)21/h3-6,14H,7-12H2,1-2H3,(H,22,23). The van der Waals surface area contributed by atoms with Gasteiger partial charge < -0.3 is 10.2 Å². The molecule has 140 valence electrons. The highest BCUT2D eigenvalue weighted by Crippen LogP contribution is 2.22. The van der Waals surface area contributed by atoms with Crippen molar-refractivity contribution in [3.63, 3.8) is 0 Å². The van der Waals surface area contributed by atoms with Gasteiger partial charge in [0, 0.05) is 33.7 Å². The Kier molecular flexibility index (Phi) is 6.64. The summed E-state index contributed by atoms with van der Waals surface area (Å²) < 4.78 is 50.3. The summed E-state index contributed by atoms with van der Waals surface area (Å²) in [6.07, 6.45) is -3.41. The Morgan fingerprint density at radius 1 is 1.32 bits per heavy atom. The molecule has 1 N–H and O–H groups in total. The first-order valence-corrected chi connectivity index (χ1v) is 8.22. The normalized spacial score (nSPS) is 19.3. The number of hydrogen-bond donors (Lipinski definition) is 1. The minimum atomic E-state index is -4.15. The molecule has 1 unspecified atom stereocenters. The van der Waals surface area contributed by atoms with Crippen LogP contribution in [0.15, 0.2) is 29.3 Å². The molecule has 0 radical (unpaired) electrons. The second kappa shape index (κ2) is 8.51. The molecule has 25 heavy (non-hydrogen) atoms. The molecule has 1 fully saturated rings. The minimum Gasteiger partial charge on any atom is -0.356 e. The molecule has 1 heterocycles. The van der Waals surface area contributed by atoms with E-state index in [1.807, 2.05) is 11.9 Å². The maximum Gasteiger partial charge on any atom is 0.401 e. The number of alkyl halides is 3. The quantitative estimate of drug-likeness (QED) is 0.498. The first-order valence-electron chi connectivity index (χ1n) is 8.22. The second-order valence-corrected chi connectivity index (χ2v) is 6.42. The topological polar surface area (TPSA) is 30.9 Å². The van der Waals surface area contributed by atoms with Gasteiger partial charge in [-0.25, -0.2) is 4.39 Å². The van der Waals surface area contributed by atoms with Crippen molar-refractivity contribution in [2.24, 2.45) is 10.9 Å². The van der Waals surface area contributed by atoms with E-state index >= 15 is 0 Å². The number of benzene rings is 1. The summed E-state index contributed by atoms with van der Waals surface area (Å²) in [4.78, 5) is 7.55. The van der Waals surface area contributed by atoms with Crippen LogP contribution in [-0.2, 0) is 6.54 Å². The Morgan fingerprint density at radius 3 is 2.60 bits per heavy atom. The zero-order chi connectivity index (χ0) is 18.4. The third-order valence-electron chi connectivity index (χ3n) is 4.23. The van der Waals surface area contributed by atoms with Crippen LogP contribution in [0.2, 0.25) is 0 Å². The maximum atomic E-state index is 13.0. The number of likely N-dealkylation sites (tertiary alicyclic amines) is 1. The van der Waals surface area contributed by atoms with Gasteiger partial charge in [-0.1, -0.05) is 12.1 Å². The van der Waals surface area contributed by atoms with Crippen molar-refractivity contribution >= 4 is 5.96 Å². The fourth-order valence-electron chi connectivity index (χ4n) is 3.04. The molecule has 2 rings (SSSR count). The van der Waals surface area contributed by atoms with Gasteiger partial charge in [-0.3, -0.25) is 9.89 Å². The molecule has 0 bridgehead atoms. The highest BCUT2D eigenvalue weighted by molar-refractivity contribution is 5.79. The average Bonchev–Trinajstić information content (AvgIpc) is 2.95. The van der Waals surface area contributed by atoms with Gasteiger partial charge in [0.2, 0.25) is 0 Å². The van der Waals surface area contributed by atoms with Crippen LogP contribution in [0.3, 0.4) is 0 Å². The Hall–Kier alpha value is -1.83. The first-order chi connectivity index (χ1) is 11.8. The molecule has 1 aromatic rings. The summed E-state index contributed by atoms with van der Waals surface area (Å²) in [6, 6.07) is 6.25. The predicted molar refractivity (Wildman–Crippen MR) is 89.8 cm³/mol. The maximum absolute atomic E-state index is 13.0. The molecule has 0 spiro atoms. The molecule has 4 nitrogen and oxygen atoms in total. The number of nitrogens with one attached hydrogen (secondary N) is 1. The van der Waals surface area contributed by atoms with Crippen molar-refractivity contribution in [1.29, 1.82) is 0 Å². The molecule has 0 aliphatic carbocycles. The van der Waals surface area contributed by atoms with E-state index in [2.05, 4.69) is 10.3 Å².